The lowest BCUT2D eigenvalue weighted by molar-refractivity contribution is -0.123. The average molecular weight is 283 g/mol. The number of nitriles is 1. The number of piperidine rings is 1. The molecule has 3 rings (SSSR count). The van der Waals surface area contributed by atoms with Crippen LogP contribution in [0, 0.1) is 17.2 Å². The normalized spacial score (nSPS) is 22.5. The molecule has 0 bridgehead atoms. The largest absolute Gasteiger partial charge is 0.352 e. The van der Waals surface area contributed by atoms with Gasteiger partial charge in [0.25, 0.3) is 0 Å². The van der Waals surface area contributed by atoms with E-state index in [1.165, 1.54) is 5.56 Å². The Morgan fingerprint density at radius 1 is 1.29 bits per heavy atom. The van der Waals surface area contributed by atoms with E-state index in [9.17, 15) is 4.79 Å². The van der Waals surface area contributed by atoms with Crippen molar-refractivity contribution in [1.82, 2.24) is 10.2 Å². The van der Waals surface area contributed by atoms with Gasteiger partial charge in [0.2, 0.25) is 5.91 Å². The van der Waals surface area contributed by atoms with Gasteiger partial charge in [-0.05, 0) is 49.9 Å². The Morgan fingerprint density at radius 2 is 2.05 bits per heavy atom. The van der Waals surface area contributed by atoms with Gasteiger partial charge in [-0.15, -0.1) is 0 Å². The number of hydrogen-bond donors (Lipinski definition) is 1. The molecular weight excluding hydrogens is 262 g/mol. The number of likely N-dealkylation sites (tertiary alicyclic amines) is 1. The van der Waals surface area contributed by atoms with E-state index < -0.39 is 0 Å². The molecule has 1 aliphatic carbocycles. The molecule has 0 radical (unpaired) electrons. The Kier molecular flexibility index (Phi) is 4.21. The second kappa shape index (κ2) is 6.28. The summed E-state index contributed by atoms with van der Waals surface area (Å²) in [5.74, 6) is 0.541. The van der Waals surface area contributed by atoms with Gasteiger partial charge >= 0.3 is 0 Å². The molecule has 0 spiro atoms. The van der Waals surface area contributed by atoms with Crippen molar-refractivity contribution in [3.8, 4) is 6.07 Å². The van der Waals surface area contributed by atoms with Crippen LogP contribution in [0.3, 0.4) is 0 Å². The minimum Gasteiger partial charge on any atom is -0.352 e. The van der Waals surface area contributed by atoms with Gasteiger partial charge in [0.05, 0.1) is 11.6 Å². The molecule has 1 saturated heterocycles. The van der Waals surface area contributed by atoms with Crippen LogP contribution in [0.4, 0.5) is 0 Å². The summed E-state index contributed by atoms with van der Waals surface area (Å²) in [7, 11) is 0. The summed E-state index contributed by atoms with van der Waals surface area (Å²) < 4.78 is 0. The van der Waals surface area contributed by atoms with Crippen LogP contribution >= 0.6 is 0 Å². The molecule has 1 amide bonds. The summed E-state index contributed by atoms with van der Waals surface area (Å²) in [6, 6.07) is 10.2. The first-order valence-electron chi connectivity index (χ1n) is 7.76. The van der Waals surface area contributed by atoms with E-state index in [0.717, 1.165) is 45.3 Å². The Morgan fingerprint density at radius 3 is 2.71 bits per heavy atom. The molecule has 4 heteroatoms. The van der Waals surface area contributed by atoms with Gasteiger partial charge in [-0.25, -0.2) is 0 Å². The van der Waals surface area contributed by atoms with Gasteiger partial charge in [0, 0.05) is 25.0 Å². The molecule has 1 aliphatic heterocycles. The monoisotopic (exact) mass is 283 g/mol. The van der Waals surface area contributed by atoms with E-state index in [1.807, 2.05) is 24.3 Å². The van der Waals surface area contributed by atoms with Crippen LogP contribution in [-0.4, -0.2) is 29.9 Å². The first kappa shape index (κ1) is 14.1. The molecule has 1 heterocycles. The highest BCUT2D eigenvalue weighted by Crippen LogP contribution is 2.29. The quantitative estimate of drug-likeness (QED) is 0.920. The Balaban J connectivity index is 1.52. The second-order valence-corrected chi connectivity index (χ2v) is 6.17. The first-order valence-corrected chi connectivity index (χ1v) is 7.76. The van der Waals surface area contributed by atoms with Crippen molar-refractivity contribution in [1.29, 1.82) is 5.26 Å². The van der Waals surface area contributed by atoms with Crippen molar-refractivity contribution in [2.75, 3.05) is 13.1 Å². The molecule has 2 aliphatic rings. The third-order valence-electron chi connectivity index (χ3n) is 4.29. The number of carbonyl (C=O) groups excluding carboxylic acids is 1. The minimum atomic E-state index is 0.250. The van der Waals surface area contributed by atoms with Crippen molar-refractivity contribution in [3.05, 3.63) is 35.4 Å². The van der Waals surface area contributed by atoms with E-state index in [2.05, 4.69) is 16.3 Å². The summed E-state index contributed by atoms with van der Waals surface area (Å²) in [6.07, 6.45) is 4.34. The maximum atomic E-state index is 11.8. The molecular formula is C17H21N3O. The van der Waals surface area contributed by atoms with Crippen molar-refractivity contribution in [2.45, 2.75) is 38.3 Å². The lowest BCUT2D eigenvalue weighted by Crippen LogP contribution is -2.47. The molecule has 1 aromatic carbocycles. The Labute approximate surface area is 125 Å². The summed E-state index contributed by atoms with van der Waals surface area (Å²) in [5.41, 5.74) is 1.93. The van der Waals surface area contributed by atoms with Crippen molar-refractivity contribution >= 4 is 5.91 Å². The SMILES string of the molecule is N#Cc1ccc(CN2CCCC(NC(=O)C3CC3)C2)cc1. The summed E-state index contributed by atoms with van der Waals surface area (Å²) >= 11 is 0. The highest BCUT2D eigenvalue weighted by atomic mass is 16.2. The van der Waals surface area contributed by atoms with Crippen LogP contribution in [0.2, 0.25) is 0 Å². The fourth-order valence-electron chi connectivity index (χ4n) is 2.92. The van der Waals surface area contributed by atoms with Crippen LogP contribution in [0.15, 0.2) is 24.3 Å². The lowest BCUT2D eigenvalue weighted by atomic mass is 10.0. The summed E-state index contributed by atoms with van der Waals surface area (Å²) in [4.78, 5) is 14.2. The average Bonchev–Trinajstić information content (AvgIpc) is 3.33. The number of hydrogen-bond acceptors (Lipinski definition) is 3. The highest BCUT2D eigenvalue weighted by molar-refractivity contribution is 5.81. The fourth-order valence-corrected chi connectivity index (χ4v) is 2.92. The maximum Gasteiger partial charge on any atom is 0.223 e. The Bertz CT molecular complexity index is 542. The van der Waals surface area contributed by atoms with Gasteiger partial charge in [-0.1, -0.05) is 12.1 Å². The van der Waals surface area contributed by atoms with Crippen molar-refractivity contribution in [3.63, 3.8) is 0 Å². The zero-order valence-electron chi connectivity index (χ0n) is 12.2. The molecule has 1 N–H and O–H groups in total. The van der Waals surface area contributed by atoms with E-state index in [1.54, 1.807) is 0 Å². The topological polar surface area (TPSA) is 56.1 Å². The number of rotatable bonds is 4. The fraction of sp³-hybridized carbons (Fsp3) is 0.529. The van der Waals surface area contributed by atoms with E-state index >= 15 is 0 Å². The third-order valence-corrected chi connectivity index (χ3v) is 4.29. The number of nitrogens with one attached hydrogen (secondary N) is 1. The summed E-state index contributed by atoms with van der Waals surface area (Å²) in [5, 5.41) is 12.0. The molecule has 4 nitrogen and oxygen atoms in total. The molecule has 2 fully saturated rings. The number of benzene rings is 1. The standard InChI is InChI=1S/C17H21N3O/c18-10-13-3-5-14(6-4-13)11-20-9-1-2-16(12-20)19-17(21)15-7-8-15/h3-6,15-16H,1-2,7-9,11-12H2,(H,19,21). The predicted octanol–water partition coefficient (Wildman–Crippen LogP) is 2.05. The molecule has 110 valence electrons. The predicted molar refractivity (Wildman–Crippen MR) is 80.3 cm³/mol. The van der Waals surface area contributed by atoms with Crippen LogP contribution in [-0.2, 0) is 11.3 Å². The molecule has 1 unspecified atom stereocenters. The molecule has 1 atom stereocenters. The zero-order valence-corrected chi connectivity index (χ0v) is 12.2. The highest BCUT2D eigenvalue weighted by Gasteiger charge is 2.31. The summed E-state index contributed by atoms with van der Waals surface area (Å²) in [6.45, 7) is 2.90. The van der Waals surface area contributed by atoms with E-state index in [0.29, 0.717) is 17.5 Å². The van der Waals surface area contributed by atoms with Gasteiger partial charge < -0.3 is 5.32 Å². The molecule has 1 aromatic rings. The third kappa shape index (κ3) is 3.83. The number of amides is 1. The van der Waals surface area contributed by atoms with Crippen LogP contribution in [0.1, 0.15) is 36.8 Å². The Hall–Kier alpha value is -1.86. The first-order chi connectivity index (χ1) is 10.2. The van der Waals surface area contributed by atoms with Gasteiger partial charge in [0.1, 0.15) is 0 Å². The van der Waals surface area contributed by atoms with Gasteiger partial charge in [0.15, 0.2) is 0 Å². The number of carbonyl (C=O) groups is 1. The van der Waals surface area contributed by atoms with Crippen LogP contribution < -0.4 is 5.32 Å². The molecule has 1 saturated carbocycles. The smallest absolute Gasteiger partial charge is 0.223 e. The zero-order chi connectivity index (χ0) is 14.7. The van der Waals surface area contributed by atoms with Crippen LogP contribution in [0.25, 0.3) is 0 Å². The number of nitrogens with zero attached hydrogens (tertiary/aromatic N) is 2. The van der Waals surface area contributed by atoms with Gasteiger partial charge in [-0.3, -0.25) is 9.69 Å². The molecule has 21 heavy (non-hydrogen) atoms. The van der Waals surface area contributed by atoms with Gasteiger partial charge in [-0.2, -0.15) is 5.26 Å². The lowest BCUT2D eigenvalue weighted by Gasteiger charge is -2.33. The van der Waals surface area contributed by atoms with Crippen molar-refractivity contribution < 1.29 is 4.79 Å². The van der Waals surface area contributed by atoms with E-state index in [-0.39, 0.29) is 5.91 Å². The van der Waals surface area contributed by atoms with E-state index in [4.69, 9.17) is 5.26 Å². The second-order valence-electron chi connectivity index (χ2n) is 6.17. The molecule has 0 aromatic heterocycles. The van der Waals surface area contributed by atoms with Crippen LogP contribution in [0.5, 0.6) is 0 Å². The maximum absolute atomic E-state index is 11.8. The van der Waals surface area contributed by atoms with Crippen molar-refractivity contribution in [2.24, 2.45) is 5.92 Å². The minimum absolute atomic E-state index is 0.250.